The van der Waals surface area contributed by atoms with E-state index in [1.54, 1.807) is 4.90 Å². The minimum Gasteiger partial charge on any atom is -0.385 e. The van der Waals surface area contributed by atoms with Crippen LogP contribution in [0.2, 0.25) is 0 Å². The monoisotopic (exact) mass is 285 g/mol. The molecular formula is C15H15N3O3. The second-order valence-electron chi connectivity index (χ2n) is 5.68. The highest BCUT2D eigenvalue weighted by Crippen LogP contribution is 2.44. The Labute approximate surface area is 121 Å². The minimum atomic E-state index is -0.543. The summed E-state index contributed by atoms with van der Waals surface area (Å²) in [5, 5.41) is 5.65. The van der Waals surface area contributed by atoms with Crippen LogP contribution in [0.15, 0.2) is 18.2 Å². The normalized spacial score (nSPS) is 27.2. The fraction of sp³-hybridized carbons (Fsp3) is 0.400. The van der Waals surface area contributed by atoms with E-state index >= 15 is 0 Å². The molecule has 1 aromatic rings. The quantitative estimate of drug-likeness (QED) is 0.748. The fourth-order valence-electron chi connectivity index (χ4n) is 3.62. The van der Waals surface area contributed by atoms with Crippen molar-refractivity contribution in [3.63, 3.8) is 0 Å². The SMILES string of the molecule is O=C1CCC(N2C(=O)c3cccc4c3C2CCN4)C(=O)N1. The first-order chi connectivity index (χ1) is 10.2. The molecule has 4 rings (SSSR count). The van der Waals surface area contributed by atoms with Gasteiger partial charge in [0.2, 0.25) is 11.8 Å². The molecule has 0 bridgehead atoms. The van der Waals surface area contributed by atoms with Crippen molar-refractivity contribution in [2.75, 3.05) is 11.9 Å². The van der Waals surface area contributed by atoms with Gasteiger partial charge in [-0.05, 0) is 25.0 Å². The van der Waals surface area contributed by atoms with E-state index < -0.39 is 6.04 Å². The molecule has 3 aliphatic rings. The summed E-state index contributed by atoms with van der Waals surface area (Å²) < 4.78 is 0. The third kappa shape index (κ3) is 1.68. The molecule has 3 aliphatic heterocycles. The Bertz CT molecular complexity index is 670. The van der Waals surface area contributed by atoms with Crippen molar-refractivity contribution in [2.45, 2.75) is 31.3 Å². The molecule has 2 N–H and O–H groups in total. The van der Waals surface area contributed by atoms with Crippen LogP contribution in [0.1, 0.15) is 41.2 Å². The Hall–Kier alpha value is -2.37. The third-order valence-corrected chi connectivity index (χ3v) is 4.52. The van der Waals surface area contributed by atoms with Crippen LogP contribution in [-0.2, 0) is 9.59 Å². The van der Waals surface area contributed by atoms with Gasteiger partial charge in [-0.25, -0.2) is 0 Å². The zero-order chi connectivity index (χ0) is 14.6. The molecule has 6 nitrogen and oxygen atoms in total. The van der Waals surface area contributed by atoms with Crippen molar-refractivity contribution >= 4 is 23.4 Å². The van der Waals surface area contributed by atoms with Gasteiger partial charge in [-0.3, -0.25) is 19.7 Å². The molecule has 0 radical (unpaired) electrons. The molecule has 1 fully saturated rings. The number of anilines is 1. The first-order valence-electron chi connectivity index (χ1n) is 7.20. The minimum absolute atomic E-state index is 0.0612. The molecule has 108 valence electrons. The maximum atomic E-state index is 12.7. The van der Waals surface area contributed by atoms with Gasteiger partial charge in [0, 0.05) is 29.8 Å². The number of amides is 3. The van der Waals surface area contributed by atoms with E-state index in [-0.39, 0.29) is 30.2 Å². The molecule has 0 aromatic heterocycles. The molecule has 0 spiro atoms. The van der Waals surface area contributed by atoms with Gasteiger partial charge in [0.25, 0.3) is 5.91 Å². The van der Waals surface area contributed by atoms with Crippen LogP contribution in [-0.4, -0.2) is 35.2 Å². The van der Waals surface area contributed by atoms with Gasteiger partial charge in [-0.15, -0.1) is 0 Å². The Morgan fingerprint density at radius 1 is 1.10 bits per heavy atom. The topological polar surface area (TPSA) is 78.5 Å². The van der Waals surface area contributed by atoms with Crippen LogP contribution in [0, 0.1) is 0 Å². The largest absolute Gasteiger partial charge is 0.385 e. The lowest BCUT2D eigenvalue weighted by molar-refractivity contribution is -0.137. The van der Waals surface area contributed by atoms with Crippen molar-refractivity contribution in [3.05, 3.63) is 29.3 Å². The smallest absolute Gasteiger partial charge is 0.255 e. The van der Waals surface area contributed by atoms with E-state index in [9.17, 15) is 14.4 Å². The van der Waals surface area contributed by atoms with Gasteiger partial charge in [0.1, 0.15) is 6.04 Å². The summed E-state index contributed by atoms with van der Waals surface area (Å²) in [4.78, 5) is 37.8. The van der Waals surface area contributed by atoms with E-state index in [4.69, 9.17) is 0 Å². The van der Waals surface area contributed by atoms with Gasteiger partial charge in [-0.2, -0.15) is 0 Å². The van der Waals surface area contributed by atoms with Gasteiger partial charge in [0.15, 0.2) is 0 Å². The molecule has 1 saturated heterocycles. The number of hydrogen-bond donors (Lipinski definition) is 2. The van der Waals surface area contributed by atoms with Crippen molar-refractivity contribution < 1.29 is 14.4 Å². The van der Waals surface area contributed by atoms with E-state index in [2.05, 4.69) is 10.6 Å². The Balaban J connectivity index is 1.75. The Kier molecular flexibility index (Phi) is 2.54. The van der Waals surface area contributed by atoms with Crippen LogP contribution in [0.3, 0.4) is 0 Å². The molecule has 0 saturated carbocycles. The predicted octanol–water partition coefficient (Wildman–Crippen LogP) is 0.804. The molecule has 1 aromatic carbocycles. The molecule has 2 unspecified atom stereocenters. The number of carbonyl (C=O) groups is 3. The maximum Gasteiger partial charge on any atom is 0.255 e. The van der Waals surface area contributed by atoms with Crippen molar-refractivity contribution in [2.24, 2.45) is 0 Å². The summed E-state index contributed by atoms with van der Waals surface area (Å²) in [5.74, 6) is -0.714. The molecule has 3 amide bonds. The van der Waals surface area contributed by atoms with E-state index in [1.807, 2.05) is 18.2 Å². The second-order valence-corrected chi connectivity index (χ2v) is 5.68. The van der Waals surface area contributed by atoms with Gasteiger partial charge in [0.05, 0.1) is 6.04 Å². The average molecular weight is 285 g/mol. The lowest BCUT2D eigenvalue weighted by atomic mass is 9.95. The first-order valence-corrected chi connectivity index (χ1v) is 7.20. The number of rotatable bonds is 1. The summed E-state index contributed by atoms with van der Waals surface area (Å²) >= 11 is 0. The summed E-state index contributed by atoms with van der Waals surface area (Å²) in [5.41, 5.74) is 2.65. The summed E-state index contributed by atoms with van der Waals surface area (Å²) in [7, 11) is 0. The number of carbonyl (C=O) groups excluding carboxylic acids is 3. The van der Waals surface area contributed by atoms with E-state index in [0.717, 1.165) is 24.2 Å². The fourth-order valence-corrected chi connectivity index (χ4v) is 3.62. The summed E-state index contributed by atoms with van der Waals surface area (Å²) in [6.07, 6.45) is 1.48. The molecule has 6 heteroatoms. The number of hydrogen-bond acceptors (Lipinski definition) is 4. The third-order valence-electron chi connectivity index (χ3n) is 4.52. The number of imide groups is 1. The van der Waals surface area contributed by atoms with Crippen LogP contribution >= 0.6 is 0 Å². The summed E-state index contributed by atoms with van der Waals surface area (Å²) in [6.45, 7) is 0.776. The van der Waals surface area contributed by atoms with Gasteiger partial charge < -0.3 is 10.2 Å². The van der Waals surface area contributed by atoms with Crippen LogP contribution in [0.25, 0.3) is 0 Å². The average Bonchev–Trinajstić information content (AvgIpc) is 2.75. The number of piperidine rings is 1. The van der Waals surface area contributed by atoms with Gasteiger partial charge in [-0.1, -0.05) is 6.07 Å². The van der Waals surface area contributed by atoms with Crippen LogP contribution in [0.4, 0.5) is 5.69 Å². The molecule has 0 aliphatic carbocycles. The van der Waals surface area contributed by atoms with Gasteiger partial charge >= 0.3 is 0 Å². The molecule has 3 heterocycles. The summed E-state index contributed by atoms with van der Waals surface area (Å²) in [6, 6.07) is 5.03. The van der Waals surface area contributed by atoms with Crippen molar-refractivity contribution in [3.8, 4) is 0 Å². The van der Waals surface area contributed by atoms with Crippen LogP contribution in [0.5, 0.6) is 0 Å². The van der Waals surface area contributed by atoms with E-state index in [0.29, 0.717) is 12.0 Å². The Morgan fingerprint density at radius 2 is 1.95 bits per heavy atom. The lowest BCUT2D eigenvalue weighted by Crippen LogP contribution is -2.53. The molecular weight excluding hydrogens is 270 g/mol. The highest BCUT2D eigenvalue weighted by molar-refractivity contribution is 6.06. The highest BCUT2D eigenvalue weighted by Gasteiger charge is 2.46. The van der Waals surface area contributed by atoms with Crippen molar-refractivity contribution in [1.82, 2.24) is 10.2 Å². The zero-order valence-corrected chi connectivity index (χ0v) is 11.4. The zero-order valence-electron chi connectivity index (χ0n) is 11.4. The van der Waals surface area contributed by atoms with Crippen molar-refractivity contribution in [1.29, 1.82) is 0 Å². The number of benzene rings is 1. The lowest BCUT2D eigenvalue weighted by Gasteiger charge is -2.36. The highest BCUT2D eigenvalue weighted by atomic mass is 16.2. The number of nitrogens with one attached hydrogen (secondary N) is 2. The number of nitrogens with zero attached hydrogens (tertiary/aromatic N) is 1. The maximum absolute atomic E-state index is 12.7. The second kappa shape index (κ2) is 4.31. The predicted molar refractivity (Wildman–Crippen MR) is 74.6 cm³/mol. The first kappa shape index (κ1) is 12.4. The Morgan fingerprint density at radius 3 is 2.76 bits per heavy atom. The standard InChI is InChI=1S/C15H15N3O3/c19-12-5-4-11(14(20)17-12)18-10-6-7-16-9-3-1-2-8(13(9)10)15(18)21/h1-3,10-11,16H,4-7H2,(H,17,19,20). The molecule has 21 heavy (non-hydrogen) atoms. The molecule has 2 atom stereocenters. The van der Waals surface area contributed by atoms with E-state index in [1.165, 1.54) is 0 Å². The van der Waals surface area contributed by atoms with Crippen LogP contribution < -0.4 is 10.6 Å².